The summed E-state index contributed by atoms with van der Waals surface area (Å²) >= 11 is 0. The molecule has 1 N–H and O–H groups in total. The van der Waals surface area contributed by atoms with Crippen LogP contribution in [-0.4, -0.2) is 4.57 Å². The predicted octanol–water partition coefficient (Wildman–Crippen LogP) is 3.38. The first-order valence-electron chi connectivity index (χ1n) is 6.20. The zero-order valence-electron chi connectivity index (χ0n) is 10.6. The Hall–Kier alpha value is -2.21. The van der Waals surface area contributed by atoms with Crippen molar-refractivity contribution in [1.82, 2.24) is 4.57 Å². The second-order valence-corrected chi connectivity index (χ2v) is 4.30. The molecule has 1 aromatic heterocycles. The molecular formula is C15H17N3. The molecule has 0 radical (unpaired) electrons. The van der Waals surface area contributed by atoms with Crippen molar-refractivity contribution in [2.75, 3.05) is 5.32 Å². The Balaban J connectivity index is 1.91. The van der Waals surface area contributed by atoms with Crippen molar-refractivity contribution in [2.24, 2.45) is 0 Å². The lowest BCUT2D eigenvalue weighted by molar-refractivity contribution is 0.682. The Bertz CT molecular complexity index is 532. The summed E-state index contributed by atoms with van der Waals surface area (Å²) in [6.07, 6.45) is 5.43. The maximum Gasteiger partial charge on any atom is 0.0991 e. The smallest absolute Gasteiger partial charge is 0.0991 e. The van der Waals surface area contributed by atoms with Crippen molar-refractivity contribution in [2.45, 2.75) is 26.4 Å². The molecule has 3 heteroatoms. The fourth-order valence-corrected chi connectivity index (χ4v) is 1.86. The molecule has 3 nitrogen and oxygen atoms in total. The minimum Gasteiger partial charge on any atom is -0.381 e. The molecule has 0 aliphatic heterocycles. The van der Waals surface area contributed by atoms with Crippen LogP contribution in [0.4, 0.5) is 5.69 Å². The molecule has 0 spiro atoms. The molecule has 1 heterocycles. The highest BCUT2D eigenvalue weighted by molar-refractivity contribution is 5.47. The Morgan fingerprint density at radius 2 is 2.00 bits per heavy atom. The quantitative estimate of drug-likeness (QED) is 0.869. The fraction of sp³-hybridized carbons (Fsp3) is 0.267. The molecule has 2 rings (SSSR count). The number of anilines is 1. The van der Waals surface area contributed by atoms with E-state index in [1.54, 1.807) is 0 Å². The van der Waals surface area contributed by atoms with Gasteiger partial charge in [0.1, 0.15) is 0 Å². The van der Waals surface area contributed by atoms with Crippen molar-refractivity contribution in [1.29, 1.82) is 5.26 Å². The fourth-order valence-electron chi connectivity index (χ4n) is 1.86. The minimum atomic E-state index is 0.689. The van der Waals surface area contributed by atoms with Crippen molar-refractivity contribution >= 4 is 5.69 Å². The van der Waals surface area contributed by atoms with Crippen LogP contribution >= 0.6 is 0 Å². The molecule has 2 aromatic rings. The summed E-state index contributed by atoms with van der Waals surface area (Å²) in [5.74, 6) is 0. The number of nitriles is 1. The van der Waals surface area contributed by atoms with Gasteiger partial charge in [-0.1, -0.05) is 6.92 Å². The van der Waals surface area contributed by atoms with Crippen LogP contribution in [0.5, 0.6) is 0 Å². The van der Waals surface area contributed by atoms with E-state index in [1.807, 2.05) is 24.3 Å². The van der Waals surface area contributed by atoms with Gasteiger partial charge in [-0.05, 0) is 42.3 Å². The summed E-state index contributed by atoms with van der Waals surface area (Å²) in [4.78, 5) is 0. The Kier molecular flexibility index (Phi) is 4.03. The zero-order valence-corrected chi connectivity index (χ0v) is 10.6. The van der Waals surface area contributed by atoms with Crippen LogP contribution < -0.4 is 5.32 Å². The van der Waals surface area contributed by atoms with E-state index in [4.69, 9.17) is 5.26 Å². The average molecular weight is 239 g/mol. The third kappa shape index (κ3) is 3.14. The van der Waals surface area contributed by atoms with Gasteiger partial charge in [-0.2, -0.15) is 5.26 Å². The molecule has 0 amide bonds. The van der Waals surface area contributed by atoms with Crippen LogP contribution in [0.15, 0.2) is 42.7 Å². The monoisotopic (exact) mass is 239 g/mol. The van der Waals surface area contributed by atoms with Crippen LogP contribution in [0.1, 0.15) is 24.5 Å². The van der Waals surface area contributed by atoms with Gasteiger partial charge in [0.05, 0.1) is 11.6 Å². The number of aromatic nitrogens is 1. The van der Waals surface area contributed by atoms with Crippen LogP contribution in [0.3, 0.4) is 0 Å². The summed E-state index contributed by atoms with van der Waals surface area (Å²) < 4.78 is 2.20. The van der Waals surface area contributed by atoms with Gasteiger partial charge in [0.15, 0.2) is 0 Å². The number of aryl methyl sites for hydroxylation is 1. The van der Waals surface area contributed by atoms with Gasteiger partial charge in [-0.3, -0.25) is 0 Å². The van der Waals surface area contributed by atoms with E-state index in [-0.39, 0.29) is 0 Å². The second kappa shape index (κ2) is 5.92. The highest BCUT2D eigenvalue weighted by Gasteiger charge is 1.97. The van der Waals surface area contributed by atoms with E-state index in [0.29, 0.717) is 5.56 Å². The van der Waals surface area contributed by atoms with Gasteiger partial charge in [-0.25, -0.2) is 0 Å². The molecule has 0 saturated carbocycles. The summed E-state index contributed by atoms with van der Waals surface area (Å²) in [6, 6.07) is 11.8. The van der Waals surface area contributed by atoms with Gasteiger partial charge in [0, 0.05) is 31.2 Å². The van der Waals surface area contributed by atoms with Crippen LogP contribution in [0.2, 0.25) is 0 Å². The number of benzene rings is 1. The molecule has 0 saturated heterocycles. The summed E-state index contributed by atoms with van der Waals surface area (Å²) in [5.41, 5.74) is 3.00. The van der Waals surface area contributed by atoms with E-state index in [1.165, 1.54) is 5.56 Å². The first-order chi connectivity index (χ1) is 8.81. The highest BCUT2D eigenvalue weighted by atomic mass is 14.9. The summed E-state index contributed by atoms with van der Waals surface area (Å²) in [5, 5.41) is 12.1. The van der Waals surface area contributed by atoms with Crippen LogP contribution in [0.25, 0.3) is 0 Å². The van der Waals surface area contributed by atoms with Crippen molar-refractivity contribution < 1.29 is 0 Å². The van der Waals surface area contributed by atoms with E-state index in [9.17, 15) is 0 Å². The third-order valence-corrected chi connectivity index (χ3v) is 2.80. The molecular weight excluding hydrogens is 222 g/mol. The lowest BCUT2D eigenvalue weighted by atomic mass is 10.2. The minimum absolute atomic E-state index is 0.689. The zero-order chi connectivity index (χ0) is 12.8. The Morgan fingerprint density at radius 1 is 1.22 bits per heavy atom. The largest absolute Gasteiger partial charge is 0.381 e. The second-order valence-electron chi connectivity index (χ2n) is 4.30. The molecule has 18 heavy (non-hydrogen) atoms. The van der Waals surface area contributed by atoms with Gasteiger partial charge in [0.2, 0.25) is 0 Å². The SMILES string of the molecule is CCCn1ccc(CNc2ccc(C#N)cc2)c1. The Labute approximate surface area is 108 Å². The number of rotatable bonds is 5. The van der Waals surface area contributed by atoms with Crippen molar-refractivity contribution in [3.63, 3.8) is 0 Å². The normalized spacial score (nSPS) is 10.0. The molecule has 0 fully saturated rings. The van der Waals surface area contributed by atoms with Crippen molar-refractivity contribution in [3.8, 4) is 6.07 Å². The Morgan fingerprint density at radius 3 is 2.67 bits per heavy atom. The number of nitrogens with zero attached hydrogens (tertiary/aromatic N) is 2. The lowest BCUT2D eigenvalue weighted by Crippen LogP contribution is -1.98. The van der Waals surface area contributed by atoms with Crippen LogP contribution in [-0.2, 0) is 13.1 Å². The average Bonchev–Trinajstić information content (AvgIpc) is 2.85. The van der Waals surface area contributed by atoms with Gasteiger partial charge >= 0.3 is 0 Å². The van der Waals surface area contributed by atoms with E-state index >= 15 is 0 Å². The van der Waals surface area contributed by atoms with Gasteiger partial charge in [0.25, 0.3) is 0 Å². The van der Waals surface area contributed by atoms with Crippen LogP contribution in [0, 0.1) is 11.3 Å². The molecule has 0 bridgehead atoms. The van der Waals surface area contributed by atoms with E-state index < -0.39 is 0 Å². The number of hydrogen-bond acceptors (Lipinski definition) is 2. The number of nitrogens with one attached hydrogen (secondary N) is 1. The molecule has 0 aliphatic rings. The van der Waals surface area contributed by atoms with E-state index in [2.05, 4.69) is 41.3 Å². The van der Waals surface area contributed by atoms with Gasteiger partial charge < -0.3 is 9.88 Å². The predicted molar refractivity (Wildman–Crippen MR) is 73.2 cm³/mol. The maximum absolute atomic E-state index is 8.72. The first kappa shape index (κ1) is 12.3. The standard InChI is InChI=1S/C15H17N3/c1-2-8-18-9-7-14(12-18)11-17-15-5-3-13(10-16)4-6-15/h3-7,9,12,17H,2,8,11H2,1H3. The maximum atomic E-state index is 8.72. The first-order valence-corrected chi connectivity index (χ1v) is 6.20. The third-order valence-electron chi connectivity index (χ3n) is 2.80. The van der Waals surface area contributed by atoms with Gasteiger partial charge in [-0.15, -0.1) is 0 Å². The molecule has 0 unspecified atom stereocenters. The molecule has 1 aromatic carbocycles. The highest BCUT2D eigenvalue weighted by Crippen LogP contribution is 2.11. The van der Waals surface area contributed by atoms with E-state index in [0.717, 1.165) is 25.2 Å². The summed E-state index contributed by atoms with van der Waals surface area (Å²) in [7, 11) is 0. The molecule has 0 aliphatic carbocycles. The molecule has 0 atom stereocenters. The summed E-state index contributed by atoms with van der Waals surface area (Å²) in [6.45, 7) is 4.05. The number of hydrogen-bond donors (Lipinski definition) is 1. The van der Waals surface area contributed by atoms with Crippen molar-refractivity contribution in [3.05, 3.63) is 53.9 Å². The lowest BCUT2D eigenvalue weighted by Gasteiger charge is -2.04. The molecule has 92 valence electrons. The topological polar surface area (TPSA) is 40.8 Å².